The number of aliphatic hydroxyl groups is 2. The molecule has 338 valence electrons. The van der Waals surface area contributed by atoms with Gasteiger partial charge in [0.15, 0.2) is 22.3 Å². The van der Waals surface area contributed by atoms with Crippen molar-refractivity contribution in [3.8, 4) is 17.2 Å². The molecule has 2 aliphatic rings. The van der Waals surface area contributed by atoms with Gasteiger partial charge in [0.1, 0.15) is 40.9 Å². The Morgan fingerprint density at radius 2 is 1.71 bits per heavy atom. The summed E-state index contributed by atoms with van der Waals surface area (Å²) in [5.74, 6) is -6.80. The number of carbonyl (C=O) groups excluding carboxylic acids is 3. The summed E-state index contributed by atoms with van der Waals surface area (Å²) in [6.45, 7) is 13.6. The van der Waals surface area contributed by atoms with Crippen LogP contribution in [0.5, 0.6) is 17.2 Å². The van der Waals surface area contributed by atoms with Gasteiger partial charge in [-0.1, -0.05) is 45.9 Å². The summed E-state index contributed by atoms with van der Waals surface area (Å²) in [5, 5.41) is 37.3. The van der Waals surface area contributed by atoms with Crippen molar-refractivity contribution in [3.05, 3.63) is 75.7 Å². The van der Waals surface area contributed by atoms with Crippen LogP contribution in [0.1, 0.15) is 64.4 Å². The molecule has 0 unspecified atom stereocenters. The molecule has 1 aromatic heterocycles. The lowest BCUT2D eigenvalue weighted by molar-refractivity contribution is -0.160. The van der Waals surface area contributed by atoms with Crippen LogP contribution in [0.4, 0.5) is 5.69 Å². The number of amides is 1. The number of methoxy groups -OCH3 is 1. The molecule has 4 bridgehead atoms. The Hall–Kier alpha value is -5.81. The normalized spacial score (nSPS) is 29.0. The van der Waals surface area contributed by atoms with E-state index in [1.807, 2.05) is 19.0 Å². The monoisotopic (exact) mass is 871 g/mol. The molecule has 16 heteroatoms. The van der Waals surface area contributed by atoms with Gasteiger partial charge in [-0.05, 0) is 46.2 Å². The van der Waals surface area contributed by atoms with Crippen molar-refractivity contribution in [2.75, 3.05) is 39.7 Å². The molecule has 0 saturated carbocycles. The predicted molar refractivity (Wildman–Crippen MR) is 236 cm³/mol. The maximum atomic E-state index is 14.7. The molecule has 0 radical (unpaired) electrons. The van der Waals surface area contributed by atoms with Crippen LogP contribution in [0.25, 0.3) is 33.0 Å². The molecule has 0 saturated heterocycles. The molecule has 16 nitrogen and oxygen atoms in total. The summed E-state index contributed by atoms with van der Waals surface area (Å²) in [6, 6.07) is 4.95. The van der Waals surface area contributed by atoms with E-state index in [1.54, 1.807) is 58.0 Å². The molecule has 6 rings (SSSR count). The first-order chi connectivity index (χ1) is 29.7. The molecular weight excluding hydrogens is 815 g/mol. The number of hydrogen-bond acceptors (Lipinski definition) is 15. The molecule has 0 spiro atoms. The Balaban J connectivity index is 1.58. The zero-order valence-electron chi connectivity index (χ0n) is 37.5. The minimum Gasteiger partial charge on any atom is -0.505 e. The number of aliphatic hydroxyl groups excluding tert-OH is 2. The number of Topliss-reactive ketones (excluding diaryl/α,β-unsaturated/α-hetero) is 1. The molecular formula is C47H57N3O13. The molecule has 63 heavy (non-hydrogen) atoms. The van der Waals surface area contributed by atoms with Gasteiger partial charge in [-0.2, -0.15) is 0 Å². The summed E-state index contributed by atoms with van der Waals surface area (Å²) in [6.07, 6.45) is 3.60. The Morgan fingerprint density at radius 3 is 2.38 bits per heavy atom. The second kappa shape index (κ2) is 18.5. The first-order valence-corrected chi connectivity index (χ1v) is 20.9. The highest BCUT2D eigenvalue weighted by atomic mass is 16.7. The average molecular weight is 872 g/mol. The molecule has 1 amide bonds. The number of nitrogens with one attached hydrogen (secondary N) is 1. The molecule has 2 aliphatic heterocycles. The number of phenolic OH excluding ortho intramolecular Hbond substituents is 1. The first-order valence-electron chi connectivity index (χ1n) is 20.9. The Kier molecular flexibility index (Phi) is 13.7. The highest BCUT2D eigenvalue weighted by Crippen LogP contribution is 2.48. The number of carbonyl (C=O) groups is 3. The number of rotatable bonds is 6. The topological polar surface area (TPSA) is 216 Å². The van der Waals surface area contributed by atoms with Crippen LogP contribution >= 0.6 is 0 Å². The van der Waals surface area contributed by atoms with Gasteiger partial charge in [-0.15, -0.1) is 0 Å². The van der Waals surface area contributed by atoms with Gasteiger partial charge in [0, 0.05) is 73.8 Å². The van der Waals surface area contributed by atoms with E-state index in [-0.39, 0.29) is 61.1 Å². The van der Waals surface area contributed by atoms with Gasteiger partial charge >= 0.3 is 11.8 Å². The lowest BCUT2D eigenvalue weighted by Crippen LogP contribution is -2.46. The van der Waals surface area contributed by atoms with Crippen LogP contribution in [0.2, 0.25) is 0 Å². The highest BCUT2D eigenvalue weighted by Gasteiger charge is 2.49. The van der Waals surface area contributed by atoms with Crippen molar-refractivity contribution < 1.29 is 57.8 Å². The standard InChI is InChI=1S/C47H57N3O13/c1-22-13-12-14-23(2)46(57)49-37-41(55)34-33(36-44(37)62-32-16-15-29(21-30(32)48-36)59-20-18-50(9)10)35-43(27(6)40(34)54)63-47(8,45(35)56)60-19-17-31(58-11)24(3)42(61-28(7)51)26(5)39(53)25(4)38(22)52/h12-17,19,21-22,24-26,31,38-39,42,52-53,55H,18,20H2,1-11H3,(H,49,57)/b13-12+,19-17+,23-14-/t22-,24+,25+,26+,31-,38-,39+,42+,47-/m0/s1. The smallest absolute Gasteiger partial charge is 0.312 e. The number of likely N-dealkylation sites (N-methyl/N-ethyl adjacent to an activating group) is 1. The highest BCUT2D eigenvalue weighted by molar-refractivity contribution is 6.26. The number of nitrogens with zero attached hydrogens (tertiary/aromatic N) is 2. The van der Waals surface area contributed by atoms with Gasteiger partial charge < -0.3 is 53.6 Å². The van der Waals surface area contributed by atoms with E-state index in [0.29, 0.717) is 18.9 Å². The lowest BCUT2D eigenvalue weighted by Gasteiger charge is -2.38. The fraction of sp³-hybridized carbons (Fsp3) is 0.468. The van der Waals surface area contributed by atoms with Crippen molar-refractivity contribution in [3.63, 3.8) is 0 Å². The van der Waals surface area contributed by atoms with Crippen molar-refractivity contribution in [2.45, 2.75) is 85.6 Å². The zero-order chi connectivity index (χ0) is 46.2. The Morgan fingerprint density at radius 1 is 1.00 bits per heavy atom. The van der Waals surface area contributed by atoms with E-state index < -0.39 is 82.7 Å². The van der Waals surface area contributed by atoms with Crippen molar-refractivity contribution in [2.24, 2.45) is 23.7 Å². The van der Waals surface area contributed by atoms with Gasteiger partial charge in [0.05, 0.1) is 35.5 Å². The number of hydrogen-bond donors (Lipinski definition) is 4. The number of benzene rings is 3. The third-order valence-corrected chi connectivity index (χ3v) is 12.1. The SMILES string of the molecule is CO[C@H]1/C=C/O[C@@]2(C)Oc3c(C)c(=O)c4c(O)c(c5oc6ccc(OCCN(C)C)cc6nc5c4c3C2=O)NC(=O)/C(C)=C\C=C\[C@H](C)[C@H](O)[C@@H](C)[C@@H](O)[C@@H](C)[C@H](OC(C)=O)[C@@H]1C. The number of aromatic hydroxyl groups is 1. The molecule has 4 aromatic rings. The molecule has 0 fully saturated rings. The summed E-state index contributed by atoms with van der Waals surface area (Å²) in [4.78, 5) is 62.2. The van der Waals surface area contributed by atoms with Crippen molar-refractivity contribution in [1.82, 2.24) is 9.88 Å². The third-order valence-electron chi connectivity index (χ3n) is 12.1. The maximum Gasteiger partial charge on any atom is 0.312 e. The maximum absolute atomic E-state index is 14.7. The second-order valence-electron chi connectivity index (χ2n) is 17.0. The fourth-order valence-corrected chi connectivity index (χ4v) is 8.22. The van der Waals surface area contributed by atoms with Crippen LogP contribution in [0.15, 0.2) is 63.6 Å². The van der Waals surface area contributed by atoms with Gasteiger partial charge in [0.25, 0.3) is 11.7 Å². The summed E-state index contributed by atoms with van der Waals surface area (Å²) in [5.41, 5.74) is -0.533. The molecule has 3 heterocycles. The van der Waals surface area contributed by atoms with Crippen LogP contribution < -0.4 is 20.2 Å². The number of allylic oxidation sites excluding steroid dienone is 2. The van der Waals surface area contributed by atoms with E-state index >= 15 is 0 Å². The first kappa shape index (κ1) is 46.7. The minimum absolute atomic E-state index is 0.0131. The number of anilines is 1. The van der Waals surface area contributed by atoms with Crippen molar-refractivity contribution in [1.29, 1.82) is 0 Å². The summed E-state index contributed by atoms with van der Waals surface area (Å²) in [7, 11) is 5.28. The number of fused-ring (bicyclic) bond motifs is 2. The van der Waals surface area contributed by atoms with E-state index in [0.717, 1.165) is 0 Å². The Bertz CT molecular complexity index is 2600. The molecule has 3 aromatic carbocycles. The van der Waals surface area contributed by atoms with Crippen LogP contribution in [0, 0.1) is 30.6 Å². The number of ketones is 1. The van der Waals surface area contributed by atoms with E-state index in [2.05, 4.69) is 5.32 Å². The number of ether oxygens (including phenoxy) is 5. The molecule has 9 atom stereocenters. The average Bonchev–Trinajstić information content (AvgIpc) is 3.50. The number of esters is 1. The number of aromatic nitrogens is 1. The van der Waals surface area contributed by atoms with Gasteiger partial charge in [-0.3, -0.25) is 19.2 Å². The quantitative estimate of drug-likeness (QED) is 0.0764. The van der Waals surface area contributed by atoms with Crippen LogP contribution in [-0.2, 0) is 23.8 Å². The predicted octanol–water partition coefficient (Wildman–Crippen LogP) is 5.94. The minimum atomic E-state index is -2.05. The van der Waals surface area contributed by atoms with E-state index in [9.17, 15) is 34.5 Å². The summed E-state index contributed by atoms with van der Waals surface area (Å²) >= 11 is 0. The van der Waals surface area contributed by atoms with Crippen LogP contribution in [0.3, 0.4) is 0 Å². The largest absolute Gasteiger partial charge is 0.505 e. The lowest BCUT2D eigenvalue weighted by atomic mass is 9.78. The van der Waals surface area contributed by atoms with Gasteiger partial charge in [0.2, 0.25) is 0 Å². The van der Waals surface area contributed by atoms with Gasteiger partial charge in [-0.25, -0.2) is 4.98 Å². The third kappa shape index (κ3) is 9.03. The second-order valence-corrected chi connectivity index (χ2v) is 17.0. The van der Waals surface area contributed by atoms with E-state index in [4.69, 9.17) is 33.1 Å². The molecule has 4 N–H and O–H groups in total. The van der Waals surface area contributed by atoms with Crippen molar-refractivity contribution >= 4 is 56.3 Å². The summed E-state index contributed by atoms with van der Waals surface area (Å²) < 4.78 is 36.2. The number of phenols is 1. The van der Waals surface area contributed by atoms with Crippen LogP contribution in [-0.4, -0.2) is 107 Å². The molecule has 0 aliphatic carbocycles. The fourth-order valence-electron chi connectivity index (χ4n) is 8.22. The Labute approximate surface area is 365 Å². The zero-order valence-corrected chi connectivity index (χ0v) is 37.5. The van der Waals surface area contributed by atoms with E-state index in [1.165, 1.54) is 53.2 Å².